The van der Waals surface area contributed by atoms with Crippen LogP contribution in [0.4, 0.5) is 0 Å². The lowest BCUT2D eigenvalue weighted by Crippen LogP contribution is -2.23. The smallest absolute Gasteiger partial charge is 0.255 e. The van der Waals surface area contributed by atoms with Crippen molar-refractivity contribution in [2.24, 2.45) is 0 Å². The Bertz CT molecular complexity index is 411. The van der Waals surface area contributed by atoms with E-state index in [-0.39, 0.29) is 5.91 Å². The highest BCUT2D eigenvalue weighted by Crippen LogP contribution is 2.29. The van der Waals surface area contributed by atoms with Gasteiger partial charge in [0.05, 0.1) is 17.9 Å². The van der Waals surface area contributed by atoms with Gasteiger partial charge in [-0.25, -0.2) is 0 Å². The quantitative estimate of drug-likeness (QED) is 0.777. The highest BCUT2D eigenvalue weighted by atomic mass is 16.5. The highest BCUT2D eigenvalue weighted by Gasteiger charge is 2.25. The number of nitrogens with zero attached hydrogens (tertiary/aromatic N) is 2. The number of carbonyl (C=O) groups excluding carboxylic acids is 1. The van der Waals surface area contributed by atoms with E-state index in [1.807, 2.05) is 6.92 Å². The van der Waals surface area contributed by atoms with Gasteiger partial charge in [-0.3, -0.25) is 9.78 Å². The number of rotatable bonds is 3. The van der Waals surface area contributed by atoms with E-state index < -0.39 is 0 Å². The second-order valence-electron chi connectivity index (χ2n) is 4.33. The average molecular weight is 220 g/mol. The largest absolute Gasteiger partial charge is 0.489 e. The van der Waals surface area contributed by atoms with E-state index in [2.05, 4.69) is 4.98 Å². The van der Waals surface area contributed by atoms with E-state index in [4.69, 9.17) is 4.74 Å². The van der Waals surface area contributed by atoms with Gasteiger partial charge in [0.25, 0.3) is 5.91 Å². The first-order chi connectivity index (χ1) is 7.59. The van der Waals surface area contributed by atoms with Gasteiger partial charge in [0.15, 0.2) is 0 Å². The van der Waals surface area contributed by atoms with Gasteiger partial charge in [-0.1, -0.05) is 0 Å². The van der Waals surface area contributed by atoms with E-state index >= 15 is 0 Å². The van der Waals surface area contributed by atoms with Crippen molar-refractivity contribution in [3.05, 3.63) is 23.5 Å². The van der Waals surface area contributed by atoms with E-state index in [0.29, 0.717) is 11.7 Å². The minimum atomic E-state index is -0.0359. The molecular weight excluding hydrogens is 204 g/mol. The Morgan fingerprint density at radius 2 is 2.12 bits per heavy atom. The molecule has 0 radical (unpaired) electrons. The Morgan fingerprint density at radius 3 is 2.69 bits per heavy atom. The zero-order valence-electron chi connectivity index (χ0n) is 9.86. The number of hydrogen-bond acceptors (Lipinski definition) is 3. The van der Waals surface area contributed by atoms with Gasteiger partial charge in [-0.15, -0.1) is 0 Å². The van der Waals surface area contributed by atoms with E-state index in [0.717, 1.165) is 24.2 Å². The molecule has 16 heavy (non-hydrogen) atoms. The Kier molecular flexibility index (Phi) is 2.81. The van der Waals surface area contributed by atoms with Crippen molar-refractivity contribution in [1.82, 2.24) is 9.88 Å². The molecule has 0 saturated heterocycles. The number of carbonyl (C=O) groups is 1. The summed E-state index contributed by atoms with van der Waals surface area (Å²) in [5.41, 5.74) is 1.49. The molecular formula is C12H16N2O2. The Morgan fingerprint density at radius 1 is 1.44 bits per heavy atom. The van der Waals surface area contributed by atoms with Gasteiger partial charge in [0, 0.05) is 25.9 Å². The topological polar surface area (TPSA) is 42.4 Å². The zero-order chi connectivity index (χ0) is 11.7. The molecule has 1 aliphatic carbocycles. The standard InChI is InChI=1S/C12H16N2O2/c1-8-10(12(15)14(2)3)6-13-7-11(8)16-9-4-5-9/h6-7,9H,4-5H2,1-3H3. The van der Waals surface area contributed by atoms with Crippen molar-refractivity contribution in [3.8, 4) is 5.75 Å². The van der Waals surface area contributed by atoms with Crippen LogP contribution in [0.25, 0.3) is 0 Å². The molecule has 1 aromatic rings. The summed E-state index contributed by atoms with van der Waals surface area (Å²) in [7, 11) is 3.46. The summed E-state index contributed by atoms with van der Waals surface area (Å²) in [4.78, 5) is 17.5. The van der Waals surface area contributed by atoms with Crippen LogP contribution in [0.2, 0.25) is 0 Å². The molecule has 0 bridgehead atoms. The van der Waals surface area contributed by atoms with Gasteiger partial charge >= 0.3 is 0 Å². The summed E-state index contributed by atoms with van der Waals surface area (Å²) in [6, 6.07) is 0. The van der Waals surface area contributed by atoms with Crippen LogP contribution >= 0.6 is 0 Å². The Labute approximate surface area is 95.2 Å². The molecule has 1 aliphatic rings. The van der Waals surface area contributed by atoms with Gasteiger partial charge in [0.1, 0.15) is 5.75 Å². The van der Waals surface area contributed by atoms with Crippen LogP contribution in [-0.2, 0) is 0 Å². The summed E-state index contributed by atoms with van der Waals surface area (Å²) in [6.07, 6.45) is 5.80. The van der Waals surface area contributed by atoms with Crippen molar-refractivity contribution in [3.63, 3.8) is 0 Å². The lowest BCUT2D eigenvalue weighted by atomic mass is 10.1. The fourth-order valence-electron chi connectivity index (χ4n) is 1.45. The maximum absolute atomic E-state index is 11.8. The molecule has 1 amide bonds. The first-order valence-electron chi connectivity index (χ1n) is 5.42. The Balaban J connectivity index is 2.27. The van der Waals surface area contributed by atoms with Crippen molar-refractivity contribution in [2.45, 2.75) is 25.9 Å². The Hall–Kier alpha value is -1.58. The number of hydrogen-bond donors (Lipinski definition) is 0. The molecule has 1 aromatic heterocycles. The fourth-order valence-corrected chi connectivity index (χ4v) is 1.45. The van der Waals surface area contributed by atoms with Crippen molar-refractivity contribution in [1.29, 1.82) is 0 Å². The first kappa shape index (κ1) is 10.9. The number of aromatic nitrogens is 1. The molecule has 1 saturated carbocycles. The zero-order valence-corrected chi connectivity index (χ0v) is 9.86. The summed E-state index contributed by atoms with van der Waals surface area (Å²) in [6.45, 7) is 1.90. The second kappa shape index (κ2) is 4.12. The second-order valence-corrected chi connectivity index (χ2v) is 4.33. The predicted molar refractivity (Wildman–Crippen MR) is 60.6 cm³/mol. The number of ether oxygens (including phenoxy) is 1. The summed E-state index contributed by atoms with van der Waals surface area (Å²) < 4.78 is 5.69. The third kappa shape index (κ3) is 2.15. The van der Waals surface area contributed by atoms with Crippen LogP contribution < -0.4 is 4.74 Å². The van der Waals surface area contributed by atoms with Crippen molar-refractivity contribution < 1.29 is 9.53 Å². The molecule has 0 atom stereocenters. The fraction of sp³-hybridized carbons (Fsp3) is 0.500. The molecule has 1 fully saturated rings. The van der Waals surface area contributed by atoms with Gasteiger partial charge < -0.3 is 9.64 Å². The minimum Gasteiger partial charge on any atom is -0.489 e. The number of pyridine rings is 1. The van der Waals surface area contributed by atoms with Crippen LogP contribution in [0.3, 0.4) is 0 Å². The van der Waals surface area contributed by atoms with Crippen LogP contribution in [0.5, 0.6) is 5.75 Å². The van der Waals surface area contributed by atoms with Gasteiger partial charge in [-0.2, -0.15) is 0 Å². The molecule has 86 valence electrons. The van der Waals surface area contributed by atoms with E-state index in [1.54, 1.807) is 31.4 Å². The highest BCUT2D eigenvalue weighted by molar-refractivity contribution is 5.95. The molecule has 0 aromatic carbocycles. The maximum Gasteiger partial charge on any atom is 0.255 e. The minimum absolute atomic E-state index is 0.0359. The third-order valence-corrected chi connectivity index (χ3v) is 2.62. The molecule has 4 nitrogen and oxygen atoms in total. The first-order valence-corrected chi connectivity index (χ1v) is 5.42. The normalized spacial score (nSPS) is 14.7. The van der Waals surface area contributed by atoms with E-state index in [1.165, 1.54) is 0 Å². The third-order valence-electron chi connectivity index (χ3n) is 2.62. The molecule has 0 aliphatic heterocycles. The molecule has 0 N–H and O–H groups in total. The average Bonchev–Trinajstić information content (AvgIpc) is 3.04. The lowest BCUT2D eigenvalue weighted by molar-refractivity contribution is 0.0826. The van der Waals surface area contributed by atoms with Crippen LogP contribution in [0.15, 0.2) is 12.4 Å². The van der Waals surface area contributed by atoms with Crippen LogP contribution in [0.1, 0.15) is 28.8 Å². The molecule has 0 unspecified atom stereocenters. The summed E-state index contributed by atoms with van der Waals surface area (Å²) >= 11 is 0. The molecule has 4 heteroatoms. The van der Waals surface area contributed by atoms with E-state index in [9.17, 15) is 4.79 Å². The SMILES string of the molecule is Cc1c(OC2CC2)cncc1C(=O)N(C)C. The molecule has 2 rings (SSSR count). The number of amides is 1. The lowest BCUT2D eigenvalue weighted by Gasteiger charge is -2.14. The van der Waals surface area contributed by atoms with Crippen LogP contribution in [-0.4, -0.2) is 36.0 Å². The molecule has 0 spiro atoms. The predicted octanol–water partition coefficient (Wildman–Crippen LogP) is 1.63. The molecule has 1 heterocycles. The summed E-state index contributed by atoms with van der Waals surface area (Å²) in [5, 5.41) is 0. The summed E-state index contributed by atoms with van der Waals surface area (Å²) in [5.74, 6) is 0.696. The van der Waals surface area contributed by atoms with Gasteiger partial charge in [-0.05, 0) is 19.8 Å². The van der Waals surface area contributed by atoms with Crippen molar-refractivity contribution >= 4 is 5.91 Å². The monoisotopic (exact) mass is 220 g/mol. The van der Waals surface area contributed by atoms with Crippen LogP contribution in [0, 0.1) is 6.92 Å². The maximum atomic E-state index is 11.8. The van der Waals surface area contributed by atoms with Crippen molar-refractivity contribution in [2.75, 3.05) is 14.1 Å². The van der Waals surface area contributed by atoms with Gasteiger partial charge in [0.2, 0.25) is 0 Å².